The third kappa shape index (κ3) is 4.37. The number of benzene rings is 2. The molecular formula is C17H13ClN2O2. The number of primary amides is 1. The predicted molar refractivity (Wildman–Crippen MR) is 85.6 cm³/mol. The number of hydrogen-bond donors (Lipinski definition) is 2. The van der Waals surface area contributed by atoms with Crippen molar-refractivity contribution in [1.82, 2.24) is 5.32 Å². The summed E-state index contributed by atoms with van der Waals surface area (Å²) in [4.78, 5) is 22.8. The zero-order valence-electron chi connectivity index (χ0n) is 11.6. The van der Waals surface area contributed by atoms with Gasteiger partial charge in [0.25, 0.3) is 5.91 Å². The van der Waals surface area contributed by atoms with Gasteiger partial charge in [-0.05, 0) is 42.5 Å². The maximum absolute atomic E-state index is 11.8. The molecule has 0 aliphatic heterocycles. The van der Waals surface area contributed by atoms with Crippen molar-refractivity contribution in [2.45, 2.75) is 0 Å². The number of amides is 2. The lowest BCUT2D eigenvalue weighted by molar-refractivity contribution is 0.0957. The maximum Gasteiger partial charge on any atom is 0.252 e. The maximum atomic E-state index is 11.8. The molecule has 5 heteroatoms. The number of nitrogens with one attached hydrogen (secondary N) is 1. The van der Waals surface area contributed by atoms with Gasteiger partial charge in [-0.2, -0.15) is 0 Å². The van der Waals surface area contributed by atoms with Gasteiger partial charge in [-0.3, -0.25) is 9.59 Å². The van der Waals surface area contributed by atoms with E-state index in [1.807, 2.05) is 0 Å². The van der Waals surface area contributed by atoms with E-state index in [0.29, 0.717) is 16.1 Å². The fraction of sp³-hybridized carbons (Fsp3) is 0.0588. The molecule has 0 saturated carbocycles. The van der Waals surface area contributed by atoms with Crippen molar-refractivity contribution < 1.29 is 9.59 Å². The second-order valence-electron chi connectivity index (χ2n) is 4.44. The minimum atomic E-state index is -0.478. The van der Waals surface area contributed by atoms with Crippen LogP contribution in [0.4, 0.5) is 0 Å². The van der Waals surface area contributed by atoms with Gasteiger partial charge in [0.05, 0.1) is 6.54 Å². The standard InChI is InChI=1S/C17H13ClN2O2/c18-15-5-1-4-14(11-15)17(22)20-10-2-3-12-6-8-13(9-7-12)16(19)21/h1,4-9,11H,10H2,(H2,19,21)(H,20,22). The third-order valence-corrected chi connectivity index (χ3v) is 3.06. The number of hydrogen-bond acceptors (Lipinski definition) is 2. The lowest BCUT2D eigenvalue weighted by Gasteiger charge is -2.01. The van der Waals surface area contributed by atoms with Gasteiger partial charge < -0.3 is 11.1 Å². The zero-order valence-corrected chi connectivity index (χ0v) is 12.4. The summed E-state index contributed by atoms with van der Waals surface area (Å²) in [6.07, 6.45) is 0. The Morgan fingerprint density at radius 2 is 1.82 bits per heavy atom. The molecule has 4 nitrogen and oxygen atoms in total. The van der Waals surface area contributed by atoms with Gasteiger partial charge in [0, 0.05) is 21.7 Å². The summed E-state index contributed by atoms with van der Waals surface area (Å²) in [7, 11) is 0. The fourth-order valence-corrected chi connectivity index (χ4v) is 1.91. The zero-order chi connectivity index (χ0) is 15.9. The molecule has 0 saturated heterocycles. The van der Waals surface area contributed by atoms with Crippen molar-refractivity contribution in [2.75, 3.05) is 6.54 Å². The molecule has 0 aliphatic rings. The number of rotatable bonds is 3. The Labute approximate surface area is 133 Å². The Morgan fingerprint density at radius 3 is 2.45 bits per heavy atom. The molecule has 2 aromatic rings. The van der Waals surface area contributed by atoms with E-state index in [-0.39, 0.29) is 12.5 Å². The summed E-state index contributed by atoms with van der Waals surface area (Å²) < 4.78 is 0. The van der Waals surface area contributed by atoms with Crippen LogP contribution in [0.1, 0.15) is 26.3 Å². The second-order valence-corrected chi connectivity index (χ2v) is 4.87. The first kappa shape index (κ1) is 15.6. The van der Waals surface area contributed by atoms with Gasteiger partial charge in [0.2, 0.25) is 5.91 Å². The van der Waals surface area contributed by atoms with Gasteiger partial charge in [-0.15, -0.1) is 0 Å². The van der Waals surface area contributed by atoms with E-state index in [4.69, 9.17) is 17.3 Å². The highest BCUT2D eigenvalue weighted by molar-refractivity contribution is 6.30. The van der Waals surface area contributed by atoms with Crippen molar-refractivity contribution >= 4 is 23.4 Å². The van der Waals surface area contributed by atoms with Gasteiger partial charge in [-0.25, -0.2) is 0 Å². The highest BCUT2D eigenvalue weighted by Gasteiger charge is 2.03. The minimum Gasteiger partial charge on any atom is -0.366 e. The van der Waals surface area contributed by atoms with Crippen molar-refractivity contribution in [3.05, 3.63) is 70.2 Å². The molecule has 2 amide bonds. The van der Waals surface area contributed by atoms with Gasteiger partial charge in [0.1, 0.15) is 0 Å². The lowest BCUT2D eigenvalue weighted by atomic mass is 10.1. The average Bonchev–Trinajstić information content (AvgIpc) is 2.51. The first-order chi connectivity index (χ1) is 10.6. The van der Waals surface area contributed by atoms with E-state index >= 15 is 0 Å². The van der Waals surface area contributed by atoms with E-state index in [1.54, 1.807) is 48.5 Å². The summed E-state index contributed by atoms with van der Waals surface area (Å²) in [5.74, 6) is 5.01. The van der Waals surface area contributed by atoms with E-state index in [1.165, 1.54) is 0 Å². The van der Waals surface area contributed by atoms with Crippen LogP contribution in [-0.4, -0.2) is 18.4 Å². The van der Waals surface area contributed by atoms with Crippen molar-refractivity contribution in [3.8, 4) is 11.8 Å². The smallest absolute Gasteiger partial charge is 0.252 e. The largest absolute Gasteiger partial charge is 0.366 e. The molecule has 0 unspecified atom stereocenters. The summed E-state index contributed by atoms with van der Waals surface area (Å²) in [5, 5.41) is 3.19. The molecule has 0 fully saturated rings. The molecule has 110 valence electrons. The van der Waals surface area contributed by atoms with Crippen LogP contribution >= 0.6 is 11.6 Å². The average molecular weight is 313 g/mol. The SMILES string of the molecule is NC(=O)c1ccc(C#CCNC(=O)c2cccc(Cl)c2)cc1. The van der Waals surface area contributed by atoms with Crippen LogP contribution in [0.25, 0.3) is 0 Å². The molecule has 0 bridgehead atoms. The summed E-state index contributed by atoms with van der Waals surface area (Å²) in [6.45, 7) is 0.211. The van der Waals surface area contributed by atoms with Crippen LogP contribution in [0, 0.1) is 11.8 Å². The molecule has 0 aromatic heterocycles. The normalized spacial score (nSPS) is 9.50. The van der Waals surface area contributed by atoms with Crippen LogP contribution in [-0.2, 0) is 0 Å². The Kier molecular flexibility index (Phi) is 5.18. The van der Waals surface area contributed by atoms with E-state index in [9.17, 15) is 9.59 Å². The highest BCUT2D eigenvalue weighted by atomic mass is 35.5. The van der Waals surface area contributed by atoms with Crippen molar-refractivity contribution in [1.29, 1.82) is 0 Å². The highest BCUT2D eigenvalue weighted by Crippen LogP contribution is 2.10. The van der Waals surface area contributed by atoms with Gasteiger partial charge in [-0.1, -0.05) is 29.5 Å². The van der Waals surface area contributed by atoms with E-state index in [0.717, 1.165) is 5.56 Å². The molecule has 0 atom stereocenters. The predicted octanol–water partition coefficient (Wildman–Crippen LogP) is 2.22. The van der Waals surface area contributed by atoms with Crippen molar-refractivity contribution in [3.63, 3.8) is 0 Å². The monoisotopic (exact) mass is 312 g/mol. The number of halogens is 1. The van der Waals surface area contributed by atoms with Crippen LogP contribution in [0.15, 0.2) is 48.5 Å². The molecule has 2 rings (SSSR count). The van der Waals surface area contributed by atoms with Crippen LogP contribution < -0.4 is 11.1 Å². The van der Waals surface area contributed by atoms with Crippen molar-refractivity contribution in [2.24, 2.45) is 5.73 Å². The summed E-state index contributed by atoms with van der Waals surface area (Å²) in [5.41, 5.74) is 6.81. The Morgan fingerprint density at radius 1 is 1.09 bits per heavy atom. The number of carbonyl (C=O) groups excluding carboxylic acids is 2. The van der Waals surface area contributed by atoms with E-state index < -0.39 is 5.91 Å². The van der Waals surface area contributed by atoms with Crippen LogP contribution in [0.5, 0.6) is 0 Å². The number of carbonyl (C=O) groups is 2. The van der Waals surface area contributed by atoms with Gasteiger partial charge in [0.15, 0.2) is 0 Å². The molecule has 0 heterocycles. The first-order valence-electron chi connectivity index (χ1n) is 6.49. The first-order valence-corrected chi connectivity index (χ1v) is 6.86. The quantitative estimate of drug-likeness (QED) is 0.853. The molecule has 0 radical (unpaired) electrons. The van der Waals surface area contributed by atoms with E-state index in [2.05, 4.69) is 17.2 Å². The molecule has 3 N–H and O–H groups in total. The van der Waals surface area contributed by atoms with Gasteiger partial charge >= 0.3 is 0 Å². The molecule has 0 spiro atoms. The topological polar surface area (TPSA) is 72.2 Å². The molecule has 22 heavy (non-hydrogen) atoms. The Hall–Kier alpha value is -2.77. The lowest BCUT2D eigenvalue weighted by Crippen LogP contribution is -2.23. The number of nitrogens with two attached hydrogens (primary N) is 1. The Balaban J connectivity index is 1.91. The Bertz CT molecular complexity index is 758. The second kappa shape index (κ2) is 7.30. The summed E-state index contributed by atoms with van der Waals surface area (Å²) in [6, 6.07) is 13.3. The molecular weight excluding hydrogens is 300 g/mol. The molecule has 2 aromatic carbocycles. The van der Waals surface area contributed by atoms with Crippen LogP contribution in [0.3, 0.4) is 0 Å². The third-order valence-electron chi connectivity index (χ3n) is 2.83. The van der Waals surface area contributed by atoms with Crippen LogP contribution in [0.2, 0.25) is 5.02 Å². The minimum absolute atomic E-state index is 0.211. The summed E-state index contributed by atoms with van der Waals surface area (Å²) >= 11 is 5.82. The molecule has 0 aliphatic carbocycles. The fourth-order valence-electron chi connectivity index (χ4n) is 1.72.